The Balaban J connectivity index is 2.22. The van der Waals surface area contributed by atoms with Crippen LogP contribution in [0.3, 0.4) is 0 Å². The van der Waals surface area contributed by atoms with Crippen molar-refractivity contribution < 1.29 is 18.7 Å². The van der Waals surface area contributed by atoms with Gasteiger partial charge in [0.15, 0.2) is 0 Å². The summed E-state index contributed by atoms with van der Waals surface area (Å²) in [5.41, 5.74) is 3.13. The summed E-state index contributed by atoms with van der Waals surface area (Å²) in [5.74, 6) is -0.770. The molecule has 0 atom stereocenters. The van der Waals surface area contributed by atoms with E-state index in [2.05, 4.69) is 0 Å². The first-order valence-electron chi connectivity index (χ1n) is 6.50. The second kappa shape index (κ2) is 4.74. The second-order valence-electron chi connectivity index (χ2n) is 5.08. The van der Waals surface area contributed by atoms with Gasteiger partial charge in [0.05, 0.1) is 5.56 Å². The van der Waals surface area contributed by atoms with Crippen molar-refractivity contribution in [1.82, 2.24) is 0 Å². The van der Waals surface area contributed by atoms with Crippen LogP contribution in [-0.4, -0.2) is 11.1 Å². The van der Waals surface area contributed by atoms with Gasteiger partial charge in [-0.15, -0.1) is 0 Å². The fraction of sp³-hybridized carbons (Fsp3) is 0.118. The van der Waals surface area contributed by atoms with E-state index in [1.807, 2.05) is 13.0 Å². The highest BCUT2D eigenvalue weighted by Gasteiger charge is 2.15. The summed E-state index contributed by atoms with van der Waals surface area (Å²) in [6.45, 7) is 3.65. The molecular formula is C17H13FO3. The number of fused-ring (bicyclic) bond motifs is 1. The number of hydrogen-bond acceptors (Lipinski definition) is 2. The molecule has 0 radical (unpaired) electrons. The predicted octanol–water partition coefficient (Wildman–Crippen LogP) is 4.55. The van der Waals surface area contributed by atoms with Gasteiger partial charge in [-0.2, -0.15) is 0 Å². The Morgan fingerprint density at radius 1 is 1.10 bits per heavy atom. The Labute approximate surface area is 120 Å². The molecule has 0 bridgehead atoms. The minimum absolute atomic E-state index is 0.238. The molecule has 3 aromatic rings. The number of carboxylic acid groups (broad SMARTS) is 1. The van der Waals surface area contributed by atoms with Crippen molar-refractivity contribution >= 4 is 16.9 Å². The molecule has 0 aliphatic heterocycles. The van der Waals surface area contributed by atoms with Crippen LogP contribution >= 0.6 is 0 Å². The SMILES string of the molecule is Cc1cc(C)c(-c2cc3cc(F)ccc3o2)cc1C(=O)O. The van der Waals surface area contributed by atoms with Crippen LogP contribution in [0.25, 0.3) is 22.3 Å². The molecule has 4 heteroatoms. The molecule has 0 unspecified atom stereocenters. The van der Waals surface area contributed by atoms with Crippen molar-refractivity contribution in [2.75, 3.05) is 0 Å². The summed E-state index contributed by atoms with van der Waals surface area (Å²) in [6, 6.07) is 9.43. The van der Waals surface area contributed by atoms with Gasteiger partial charge >= 0.3 is 5.97 Å². The number of carbonyl (C=O) groups is 1. The van der Waals surface area contributed by atoms with Crippen LogP contribution < -0.4 is 0 Å². The highest BCUT2D eigenvalue weighted by Crippen LogP contribution is 2.32. The fourth-order valence-corrected chi connectivity index (χ4v) is 2.50. The zero-order valence-electron chi connectivity index (χ0n) is 11.6. The van der Waals surface area contributed by atoms with Gasteiger partial charge in [-0.25, -0.2) is 9.18 Å². The minimum Gasteiger partial charge on any atom is -0.478 e. The molecule has 0 aliphatic carbocycles. The van der Waals surface area contributed by atoms with Gasteiger partial charge in [-0.05, 0) is 55.3 Å². The number of carboxylic acids is 1. The van der Waals surface area contributed by atoms with Crippen LogP contribution in [-0.2, 0) is 0 Å². The Kier molecular flexibility index (Phi) is 3.01. The Morgan fingerprint density at radius 2 is 1.86 bits per heavy atom. The van der Waals surface area contributed by atoms with Gasteiger partial charge in [0.25, 0.3) is 0 Å². The lowest BCUT2D eigenvalue weighted by molar-refractivity contribution is 0.0696. The zero-order valence-corrected chi connectivity index (χ0v) is 11.6. The zero-order chi connectivity index (χ0) is 15.1. The Bertz CT molecular complexity index is 862. The summed E-state index contributed by atoms with van der Waals surface area (Å²) in [6.07, 6.45) is 0. The lowest BCUT2D eigenvalue weighted by Gasteiger charge is -2.07. The lowest BCUT2D eigenvalue weighted by atomic mass is 9.98. The summed E-state index contributed by atoms with van der Waals surface area (Å²) >= 11 is 0. The molecule has 3 rings (SSSR count). The monoisotopic (exact) mass is 284 g/mol. The molecule has 3 nitrogen and oxygen atoms in total. The van der Waals surface area contributed by atoms with Gasteiger partial charge in [0, 0.05) is 10.9 Å². The predicted molar refractivity (Wildman–Crippen MR) is 78.0 cm³/mol. The molecule has 0 aliphatic rings. The first kappa shape index (κ1) is 13.4. The van der Waals surface area contributed by atoms with Crippen LogP contribution in [0.4, 0.5) is 4.39 Å². The molecule has 1 heterocycles. The first-order valence-corrected chi connectivity index (χ1v) is 6.50. The molecule has 0 amide bonds. The summed E-state index contributed by atoms with van der Waals surface area (Å²) in [7, 11) is 0. The molecule has 21 heavy (non-hydrogen) atoms. The number of rotatable bonds is 2. The Morgan fingerprint density at radius 3 is 2.57 bits per heavy atom. The molecule has 0 fully saturated rings. The van der Waals surface area contributed by atoms with Crippen molar-refractivity contribution in [3.63, 3.8) is 0 Å². The average molecular weight is 284 g/mol. The molecule has 0 spiro atoms. The van der Waals surface area contributed by atoms with Gasteiger partial charge < -0.3 is 9.52 Å². The van der Waals surface area contributed by atoms with Gasteiger partial charge in [0.2, 0.25) is 0 Å². The summed E-state index contributed by atoms with van der Waals surface area (Å²) < 4.78 is 18.9. The van der Waals surface area contributed by atoms with E-state index in [4.69, 9.17) is 4.42 Å². The maximum Gasteiger partial charge on any atom is 0.335 e. The first-order chi connectivity index (χ1) is 9.95. The van der Waals surface area contributed by atoms with Crippen molar-refractivity contribution in [2.24, 2.45) is 0 Å². The maximum absolute atomic E-state index is 13.2. The van der Waals surface area contributed by atoms with E-state index < -0.39 is 5.97 Å². The van der Waals surface area contributed by atoms with E-state index in [9.17, 15) is 14.3 Å². The fourth-order valence-electron chi connectivity index (χ4n) is 2.50. The van der Waals surface area contributed by atoms with E-state index in [-0.39, 0.29) is 11.4 Å². The van der Waals surface area contributed by atoms with E-state index in [0.29, 0.717) is 27.9 Å². The number of benzene rings is 2. The van der Waals surface area contributed by atoms with Crippen LogP contribution in [0, 0.1) is 19.7 Å². The standard InChI is InChI=1S/C17H13FO3/c1-9-5-10(2)14(17(19)20)8-13(9)16-7-11-6-12(18)3-4-15(11)21-16/h3-8H,1-2H3,(H,19,20). The topological polar surface area (TPSA) is 50.4 Å². The molecular weight excluding hydrogens is 271 g/mol. The summed E-state index contributed by atoms with van der Waals surface area (Å²) in [5, 5.41) is 9.88. The molecule has 1 aromatic heterocycles. The largest absolute Gasteiger partial charge is 0.478 e. The highest BCUT2D eigenvalue weighted by molar-refractivity contribution is 5.92. The van der Waals surface area contributed by atoms with Crippen molar-refractivity contribution in [1.29, 1.82) is 0 Å². The minimum atomic E-state index is -0.976. The van der Waals surface area contributed by atoms with Crippen LogP contribution in [0.1, 0.15) is 21.5 Å². The number of furan rings is 1. The molecule has 106 valence electrons. The van der Waals surface area contributed by atoms with Gasteiger partial charge in [0.1, 0.15) is 17.2 Å². The number of aromatic carboxylic acids is 1. The van der Waals surface area contributed by atoms with Crippen molar-refractivity contribution in [2.45, 2.75) is 13.8 Å². The van der Waals surface area contributed by atoms with E-state index in [1.165, 1.54) is 12.1 Å². The average Bonchev–Trinajstić information content (AvgIpc) is 2.80. The normalized spacial score (nSPS) is 11.0. The van der Waals surface area contributed by atoms with E-state index in [0.717, 1.165) is 5.56 Å². The molecule has 1 N–H and O–H groups in total. The highest BCUT2D eigenvalue weighted by atomic mass is 19.1. The molecule has 0 saturated carbocycles. The third-order valence-corrected chi connectivity index (χ3v) is 3.55. The van der Waals surface area contributed by atoms with Crippen LogP contribution in [0.5, 0.6) is 0 Å². The second-order valence-corrected chi connectivity index (χ2v) is 5.08. The number of halogens is 1. The maximum atomic E-state index is 13.2. The van der Waals surface area contributed by atoms with E-state index in [1.54, 1.807) is 25.1 Å². The number of hydrogen-bond donors (Lipinski definition) is 1. The van der Waals surface area contributed by atoms with Crippen LogP contribution in [0.15, 0.2) is 40.8 Å². The number of aryl methyl sites for hydroxylation is 2. The van der Waals surface area contributed by atoms with Crippen molar-refractivity contribution in [3.05, 3.63) is 58.9 Å². The molecule has 0 saturated heterocycles. The van der Waals surface area contributed by atoms with Crippen LogP contribution in [0.2, 0.25) is 0 Å². The quantitative estimate of drug-likeness (QED) is 0.750. The third kappa shape index (κ3) is 2.29. The third-order valence-electron chi connectivity index (χ3n) is 3.55. The van der Waals surface area contributed by atoms with Crippen molar-refractivity contribution in [3.8, 4) is 11.3 Å². The molecule has 2 aromatic carbocycles. The van der Waals surface area contributed by atoms with Gasteiger partial charge in [-0.3, -0.25) is 0 Å². The summed E-state index contributed by atoms with van der Waals surface area (Å²) in [4.78, 5) is 11.3. The smallest absolute Gasteiger partial charge is 0.335 e. The lowest BCUT2D eigenvalue weighted by Crippen LogP contribution is -2.01. The van der Waals surface area contributed by atoms with Gasteiger partial charge in [-0.1, -0.05) is 6.07 Å². The Hall–Kier alpha value is -2.62. The van der Waals surface area contributed by atoms with E-state index >= 15 is 0 Å².